The van der Waals surface area contributed by atoms with Crippen molar-refractivity contribution in [1.82, 2.24) is 15.0 Å². The van der Waals surface area contributed by atoms with Crippen LogP contribution in [0.4, 0.5) is 24.9 Å². The number of hydrogen-bond donors (Lipinski definition) is 0. The summed E-state index contributed by atoms with van der Waals surface area (Å²) in [6.45, 7) is 3.60. The highest BCUT2D eigenvalue weighted by atomic mass is 32.2. The molecule has 35 heavy (non-hydrogen) atoms. The van der Waals surface area contributed by atoms with Crippen LogP contribution < -0.4 is 9.80 Å². The fraction of sp³-hybridized carbons (Fsp3) is 0.522. The monoisotopic (exact) mass is 523 g/mol. The number of benzene rings is 1. The van der Waals surface area contributed by atoms with Gasteiger partial charge in [-0.2, -0.15) is 18.2 Å². The van der Waals surface area contributed by atoms with Crippen LogP contribution in [0.1, 0.15) is 25.5 Å². The summed E-state index contributed by atoms with van der Waals surface area (Å²) in [7, 11) is -3.53. The molecule has 186 valence electrons. The van der Waals surface area contributed by atoms with Crippen molar-refractivity contribution < 1.29 is 21.6 Å². The van der Waals surface area contributed by atoms with Crippen LogP contribution in [-0.4, -0.2) is 54.8 Å². The van der Waals surface area contributed by atoms with E-state index in [4.69, 9.17) is 0 Å². The average molecular weight is 524 g/mol. The zero-order valence-electron chi connectivity index (χ0n) is 18.9. The zero-order chi connectivity index (χ0) is 24.5. The van der Waals surface area contributed by atoms with Crippen molar-refractivity contribution >= 4 is 43.2 Å². The summed E-state index contributed by atoms with van der Waals surface area (Å²) < 4.78 is 67.7. The highest BCUT2D eigenvalue weighted by Crippen LogP contribution is 2.53. The molecular weight excluding hydrogens is 499 g/mol. The molecule has 2 saturated heterocycles. The standard InChI is InChI=1S/C23H24F3N5O2S2/c1-13-5-4-8-31(13)21-28-19(23(24,25)26)9-20(29-21)30-10-14-15(11-30)16(14)12-35(32,33)22-27-17-6-2-3-7-18(17)34-22/h2-3,6-7,9,13-16H,4-5,8,10-12H2,1H3/t13-,14-,15+,16+/m0/s1. The molecule has 1 aliphatic carbocycles. The number of nitrogens with zero attached hydrogens (tertiary/aromatic N) is 5. The minimum absolute atomic E-state index is 0.00902. The number of rotatable bonds is 5. The number of sulfone groups is 1. The third kappa shape index (κ3) is 4.14. The lowest BCUT2D eigenvalue weighted by atomic mass is 10.2. The molecule has 1 aromatic carbocycles. The predicted octanol–water partition coefficient (Wildman–Crippen LogP) is 4.25. The van der Waals surface area contributed by atoms with Crippen molar-refractivity contribution in [3.63, 3.8) is 0 Å². The quantitative estimate of drug-likeness (QED) is 0.495. The number of hydrogen-bond acceptors (Lipinski definition) is 8. The first-order valence-corrected chi connectivity index (χ1v) is 14.1. The Kier molecular flexibility index (Phi) is 5.26. The summed E-state index contributed by atoms with van der Waals surface area (Å²) in [5, 5.41) is 0. The van der Waals surface area contributed by atoms with Gasteiger partial charge in [0.2, 0.25) is 20.1 Å². The van der Waals surface area contributed by atoms with E-state index in [2.05, 4.69) is 15.0 Å². The predicted molar refractivity (Wildman–Crippen MR) is 127 cm³/mol. The van der Waals surface area contributed by atoms with Crippen LogP contribution in [0.3, 0.4) is 0 Å². The molecule has 0 bridgehead atoms. The van der Waals surface area contributed by atoms with Crippen molar-refractivity contribution in [2.75, 3.05) is 35.2 Å². The molecule has 4 atom stereocenters. The van der Waals surface area contributed by atoms with Gasteiger partial charge < -0.3 is 9.80 Å². The maximum atomic E-state index is 13.6. The molecule has 7 nitrogen and oxygen atoms in total. The van der Waals surface area contributed by atoms with E-state index in [0.29, 0.717) is 25.2 Å². The Hall–Kier alpha value is -2.47. The number of thiazole rings is 1. The van der Waals surface area contributed by atoms with Crippen LogP contribution in [0, 0.1) is 17.8 Å². The third-order valence-corrected chi connectivity index (χ3v) is 10.7. The van der Waals surface area contributed by atoms with E-state index in [1.807, 2.05) is 34.9 Å². The molecule has 3 aliphatic rings. The fourth-order valence-corrected chi connectivity index (χ4v) is 8.54. The molecule has 4 heterocycles. The Bertz CT molecular complexity index is 1350. The maximum absolute atomic E-state index is 13.6. The summed E-state index contributed by atoms with van der Waals surface area (Å²) in [5.74, 6) is 0.640. The minimum Gasteiger partial charge on any atom is -0.356 e. The number of piperidine rings is 1. The zero-order valence-corrected chi connectivity index (χ0v) is 20.6. The number of fused-ring (bicyclic) bond motifs is 2. The van der Waals surface area contributed by atoms with E-state index in [0.717, 1.165) is 23.6 Å². The minimum atomic E-state index is -4.56. The second kappa shape index (κ2) is 8.02. The molecule has 0 amide bonds. The van der Waals surface area contributed by atoms with Gasteiger partial charge in [-0.25, -0.2) is 18.4 Å². The molecule has 2 aliphatic heterocycles. The molecule has 0 unspecified atom stereocenters. The van der Waals surface area contributed by atoms with E-state index < -0.39 is 21.7 Å². The highest BCUT2D eigenvalue weighted by molar-refractivity contribution is 7.93. The molecule has 2 aromatic heterocycles. The Labute approximate surface area is 204 Å². The Morgan fingerprint density at radius 3 is 2.51 bits per heavy atom. The van der Waals surface area contributed by atoms with E-state index in [1.165, 1.54) is 11.3 Å². The summed E-state index contributed by atoms with van der Waals surface area (Å²) in [6.07, 6.45) is -2.77. The number of alkyl halides is 3. The smallest absolute Gasteiger partial charge is 0.356 e. The van der Waals surface area contributed by atoms with Crippen LogP contribution in [0.2, 0.25) is 0 Å². The summed E-state index contributed by atoms with van der Waals surface area (Å²) in [5.41, 5.74) is -0.266. The Balaban J connectivity index is 1.18. The van der Waals surface area contributed by atoms with Gasteiger partial charge in [-0.05, 0) is 49.7 Å². The van der Waals surface area contributed by atoms with Crippen molar-refractivity contribution in [3.05, 3.63) is 36.0 Å². The van der Waals surface area contributed by atoms with E-state index in [1.54, 1.807) is 6.07 Å². The summed E-state index contributed by atoms with van der Waals surface area (Å²) in [6, 6.07) is 8.43. The van der Waals surface area contributed by atoms with Gasteiger partial charge in [0, 0.05) is 31.7 Å². The van der Waals surface area contributed by atoms with Crippen LogP contribution in [0.25, 0.3) is 10.2 Å². The number of para-hydroxylation sites is 1. The molecule has 6 rings (SSSR count). The van der Waals surface area contributed by atoms with Crippen molar-refractivity contribution in [2.45, 2.75) is 36.3 Å². The Morgan fingerprint density at radius 2 is 1.86 bits per heavy atom. The highest BCUT2D eigenvalue weighted by Gasteiger charge is 2.57. The second-order valence-corrected chi connectivity index (χ2v) is 13.0. The average Bonchev–Trinajstić information content (AvgIpc) is 3.29. The molecular formula is C23H24F3N5O2S2. The van der Waals surface area contributed by atoms with Gasteiger partial charge >= 0.3 is 6.18 Å². The van der Waals surface area contributed by atoms with Gasteiger partial charge in [0.05, 0.1) is 16.0 Å². The normalized spacial score (nSPS) is 26.5. The lowest BCUT2D eigenvalue weighted by Crippen LogP contribution is -2.31. The first-order chi connectivity index (χ1) is 16.6. The lowest BCUT2D eigenvalue weighted by molar-refractivity contribution is -0.141. The van der Waals surface area contributed by atoms with E-state index in [9.17, 15) is 21.6 Å². The van der Waals surface area contributed by atoms with Gasteiger partial charge in [-0.15, -0.1) is 11.3 Å². The molecule has 12 heteroatoms. The van der Waals surface area contributed by atoms with Gasteiger partial charge in [-0.3, -0.25) is 0 Å². The van der Waals surface area contributed by atoms with Gasteiger partial charge in [-0.1, -0.05) is 12.1 Å². The molecule has 3 fully saturated rings. The summed E-state index contributed by atoms with van der Waals surface area (Å²) >= 11 is 1.18. The van der Waals surface area contributed by atoms with Crippen LogP contribution in [0.15, 0.2) is 34.7 Å². The largest absolute Gasteiger partial charge is 0.433 e. The molecule has 3 aromatic rings. The molecule has 0 spiro atoms. The van der Waals surface area contributed by atoms with E-state index >= 15 is 0 Å². The van der Waals surface area contributed by atoms with Gasteiger partial charge in [0.15, 0.2) is 5.69 Å². The molecule has 1 saturated carbocycles. The van der Waals surface area contributed by atoms with Crippen molar-refractivity contribution in [3.8, 4) is 0 Å². The van der Waals surface area contributed by atoms with Crippen molar-refractivity contribution in [1.29, 1.82) is 0 Å². The number of aromatic nitrogens is 3. The van der Waals surface area contributed by atoms with Crippen LogP contribution in [0.5, 0.6) is 0 Å². The van der Waals surface area contributed by atoms with Gasteiger partial charge in [0.1, 0.15) is 5.82 Å². The third-order valence-electron chi connectivity index (χ3n) is 7.45. The Morgan fingerprint density at radius 1 is 1.11 bits per heavy atom. The van der Waals surface area contributed by atoms with E-state index in [-0.39, 0.29) is 45.7 Å². The first kappa shape index (κ1) is 23.0. The maximum Gasteiger partial charge on any atom is 0.433 e. The lowest BCUT2D eigenvalue weighted by Gasteiger charge is -2.26. The summed E-state index contributed by atoms with van der Waals surface area (Å²) in [4.78, 5) is 16.3. The molecule has 0 N–H and O–H groups in total. The first-order valence-electron chi connectivity index (χ1n) is 11.7. The molecule has 0 radical (unpaired) electrons. The number of anilines is 2. The van der Waals surface area contributed by atoms with Crippen molar-refractivity contribution in [2.24, 2.45) is 17.8 Å². The topological polar surface area (TPSA) is 79.3 Å². The second-order valence-electron chi connectivity index (χ2n) is 9.72. The number of halogens is 3. The fourth-order valence-electron chi connectivity index (χ4n) is 5.48. The van der Waals surface area contributed by atoms with Crippen LogP contribution >= 0.6 is 11.3 Å². The van der Waals surface area contributed by atoms with Crippen LogP contribution in [-0.2, 0) is 16.0 Å². The SMILES string of the molecule is C[C@H]1CCCN1c1nc(N2C[C@@H]3[C@H](C2)[C@H]3CS(=O)(=O)c2nc3ccccc3s2)cc(C(F)(F)F)n1. The van der Waals surface area contributed by atoms with Gasteiger partial charge in [0.25, 0.3) is 0 Å².